The van der Waals surface area contributed by atoms with Gasteiger partial charge in [-0.25, -0.2) is 0 Å². The molecule has 19 heavy (non-hydrogen) atoms. The van der Waals surface area contributed by atoms with Gasteiger partial charge >= 0.3 is 5.97 Å². The summed E-state index contributed by atoms with van der Waals surface area (Å²) in [5.41, 5.74) is -0.239. The van der Waals surface area contributed by atoms with E-state index in [0.29, 0.717) is 12.3 Å². The summed E-state index contributed by atoms with van der Waals surface area (Å²) in [7, 11) is 0. The molecule has 4 heteroatoms. The van der Waals surface area contributed by atoms with Crippen molar-refractivity contribution >= 4 is 5.97 Å². The molecule has 0 radical (unpaired) electrons. The maximum atomic E-state index is 11.5. The first kappa shape index (κ1) is 11.9. The lowest BCUT2D eigenvalue weighted by molar-refractivity contribution is -0.148. The van der Waals surface area contributed by atoms with Crippen LogP contribution in [-0.4, -0.2) is 34.0 Å². The molecule has 7 atom stereocenters. The average Bonchev–Trinajstić information content (AvgIpc) is 2.85. The fourth-order valence-corrected chi connectivity index (χ4v) is 5.53. The highest BCUT2D eigenvalue weighted by molar-refractivity contribution is 5.75. The van der Waals surface area contributed by atoms with Gasteiger partial charge in [-0.15, -0.1) is 0 Å². The van der Waals surface area contributed by atoms with Crippen LogP contribution in [-0.2, 0) is 9.53 Å². The van der Waals surface area contributed by atoms with E-state index in [0.717, 1.165) is 18.4 Å². The largest absolute Gasteiger partial charge is 0.481 e. The van der Waals surface area contributed by atoms with Crippen LogP contribution in [0.25, 0.3) is 0 Å². The van der Waals surface area contributed by atoms with E-state index < -0.39 is 17.5 Å². The van der Waals surface area contributed by atoms with Crippen LogP contribution in [0.3, 0.4) is 0 Å². The Morgan fingerprint density at radius 1 is 1.37 bits per heavy atom. The van der Waals surface area contributed by atoms with Crippen molar-refractivity contribution in [2.45, 2.75) is 50.9 Å². The van der Waals surface area contributed by atoms with Gasteiger partial charge in [0.1, 0.15) is 17.8 Å². The van der Waals surface area contributed by atoms with Crippen molar-refractivity contribution in [2.75, 3.05) is 0 Å². The Balaban J connectivity index is 1.75. The van der Waals surface area contributed by atoms with Crippen molar-refractivity contribution in [1.29, 1.82) is 0 Å². The molecular weight excluding hydrogens is 244 g/mol. The summed E-state index contributed by atoms with van der Waals surface area (Å²) in [4.78, 5) is 11.5. The third-order valence-electron chi connectivity index (χ3n) is 6.71. The average molecular weight is 264 g/mol. The van der Waals surface area contributed by atoms with Crippen molar-refractivity contribution in [2.24, 2.45) is 22.7 Å². The normalized spacial score (nSPS) is 61.7. The number of carboxylic acids is 1. The van der Waals surface area contributed by atoms with Gasteiger partial charge in [-0.3, -0.25) is 4.79 Å². The maximum Gasteiger partial charge on any atom is 0.309 e. The van der Waals surface area contributed by atoms with Crippen LogP contribution in [0.5, 0.6) is 0 Å². The Bertz CT molecular complexity index is 514. The SMILES string of the molecule is C=C1[C@H](O)[C@@H]2O[C@@]23C[C@@H]2C[C@@](C)(C(=O)O)C[C@@H]2[C@@]13C. The highest BCUT2D eigenvalue weighted by Gasteiger charge is 2.83. The molecule has 4 fully saturated rings. The van der Waals surface area contributed by atoms with Crippen molar-refractivity contribution in [3.05, 3.63) is 12.2 Å². The molecule has 1 spiro atoms. The van der Waals surface area contributed by atoms with Crippen molar-refractivity contribution in [1.82, 2.24) is 0 Å². The van der Waals surface area contributed by atoms with Crippen LogP contribution in [0.15, 0.2) is 12.2 Å². The number of rotatable bonds is 1. The van der Waals surface area contributed by atoms with Crippen molar-refractivity contribution in [3.8, 4) is 0 Å². The van der Waals surface area contributed by atoms with Crippen LogP contribution in [0.1, 0.15) is 33.1 Å². The summed E-state index contributed by atoms with van der Waals surface area (Å²) in [5, 5.41) is 19.6. The van der Waals surface area contributed by atoms with Gasteiger partial charge in [-0.1, -0.05) is 13.5 Å². The number of aliphatic hydroxyl groups is 1. The number of ether oxygens (including phenoxy) is 1. The number of fused-ring (bicyclic) bond motifs is 2. The summed E-state index contributed by atoms with van der Waals surface area (Å²) < 4.78 is 5.86. The molecular formula is C15H20O4. The predicted molar refractivity (Wildman–Crippen MR) is 67.4 cm³/mol. The molecule has 1 heterocycles. The predicted octanol–water partition coefficient (Wildman–Crippen LogP) is 1.58. The van der Waals surface area contributed by atoms with Crippen LogP contribution in [0.2, 0.25) is 0 Å². The summed E-state index contributed by atoms with van der Waals surface area (Å²) in [5.74, 6) is -0.0272. The zero-order valence-corrected chi connectivity index (χ0v) is 11.3. The Kier molecular flexibility index (Phi) is 1.83. The van der Waals surface area contributed by atoms with E-state index in [9.17, 15) is 15.0 Å². The van der Waals surface area contributed by atoms with Crippen molar-refractivity contribution in [3.63, 3.8) is 0 Å². The Morgan fingerprint density at radius 3 is 2.68 bits per heavy atom. The molecule has 104 valence electrons. The van der Waals surface area contributed by atoms with Crippen molar-refractivity contribution < 1.29 is 19.7 Å². The molecule has 1 saturated heterocycles. The topological polar surface area (TPSA) is 70.1 Å². The first-order valence-electron chi connectivity index (χ1n) is 7.05. The fraction of sp³-hybridized carbons (Fsp3) is 0.800. The second-order valence-electron chi connectivity index (χ2n) is 7.45. The summed E-state index contributed by atoms with van der Waals surface area (Å²) in [6.07, 6.45) is 1.63. The smallest absolute Gasteiger partial charge is 0.309 e. The van der Waals surface area contributed by atoms with E-state index in [1.807, 2.05) is 6.92 Å². The van der Waals surface area contributed by atoms with E-state index >= 15 is 0 Å². The number of hydrogen-bond acceptors (Lipinski definition) is 3. The van der Waals surface area contributed by atoms with E-state index in [4.69, 9.17) is 4.74 Å². The number of carbonyl (C=O) groups is 1. The molecule has 4 nitrogen and oxygen atoms in total. The van der Waals surface area contributed by atoms with Gasteiger partial charge in [-0.2, -0.15) is 0 Å². The van der Waals surface area contributed by atoms with Gasteiger partial charge in [-0.05, 0) is 43.6 Å². The maximum absolute atomic E-state index is 11.5. The van der Waals surface area contributed by atoms with Crippen LogP contribution in [0.4, 0.5) is 0 Å². The second-order valence-corrected chi connectivity index (χ2v) is 7.45. The fourth-order valence-electron chi connectivity index (χ4n) is 5.53. The van der Waals surface area contributed by atoms with Gasteiger partial charge in [0.15, 0.2) is 0 Å². The molecule has 4 aliphatic rings. The van der Waals surface area contributed by atoms with E-state index in [2.05, 4.69) is 13.5 Å². The molecule has 0 aromatic rings. The summed E-state index contributed by atoms with van der Waals surface area (Å²) >= 11 is 0. The lowest BCUT2D eigenvalue weighted by atomic mass is 9.69. The lowest BCUT2D eigenvalue weighted by Crippen LogP contribution is -2.37. The summed E-state index contributed by atoms with van der Waals surface area (Å²) in [6.45, 7) is 8.08. The first-order chi connectivity index (χ1) is 8.76. The molecule has 0 amide bonds. The van der Waals surface area contributed by atoms with Gasteiger partial charge in [0.2, 0.25) is 0 Å². The molecule has 0 bridgehead atoms. The first-order valence-corrected chi connectivity index (χ1v) is 7.05. The van der Waals surface area contributed by atoms with E-state index in [-0.39, 0.29) is 23.0 Å². The molecule has 2 N–H and O–H groups in total. The summed E-state index contributed by atoms with van der Waals surface area (Å²) in [6, 6.07) is 0. The molecule has 0 aromatic heterocycles. The third-order valence-corrected chi connectivity index (χ3v) is 6.71. The minimum atomic E-state index is -0.697. The highest BCUT2D eigenvalue weighted by Crippen LogP contribution is 2.77. The van der Waals surface area contributed by atoms with E-state index in [1.54, 1.807) is 0 Å². The molecule has 1 aliphatic heterocycles. The number of aliphatic carboxylic acids is 1. The monoisotopic (exact) mass is 264 g/mol. The molecule has 3 saturated carbocycles. The Morgan fingerprint density at radius 2 is 2.05 bits per heavy atom. The minimum absolute atomic E-state index is 0.0910. The zero-order valence-electron chi connectivity index (χ0n) is 11.3. The number of carboxylic acid groups (broad SMARTS) is 1. The van der Waals surface area contributed by atoms with Crippen LogP contribution < -0.4 is 0 Å². The number of epoxide rings is 1. The third kappa shape index (κ3) is 1.02. The quantitative estimate of drug-likeness (QED) is 0.557. The number of hydrogen-bond donors (Lipinski definition) is 2. The highest BCUT2D eigenvalue weighted by atomic mass is 16.6. The Hall–Kier alpha value is -0.870. The molecule has 3 aliphatic carbocycles. The second kappa shape index (κ2) is 2.91. The van der Waals surface area contributed by atoms with Gasteiger partial charge < -0.3 is 14.9 Å². The molecule has 4 rings (SSSR count). The van der Waals surface area contributed by atoms with Gasteiger partial charge in [0.05, 0.1) is 5.41 Å². The minimum Gasteiger partial charge on any atom is -0.481 e. The van der Waals surface area contributed by atoms with E-state index in [1.165, 1.54) is 0 Å². The van der Waals surface area contributed by atoms with Crippen LogP contribution in [0, 0.1) is 22.7 Å². The molecule has 0 aromatic carbocycles. The molecule has 0 unspecified atom stereocenters. The lowest BCUT2D eigenvalue weighted by Gasteiger charge is -2.35. The van der Waals surface area contributed by atoms with Crippen LogP contribution >= 0.6 is 0 Å². The zero-order chi connectivity index (χ0) is 13.8. The number of aliphatic hydroxyl groups excluding tert-OH is 1. The van der Waals surface area contributed by atoms with Gasteiger partial charge in [0, 0.05) is 5.41 Å². The van der Waals surface area contributed by atoms with Gasteiger partial charge in [0.25, 0.3) is 0 Å². The standard InChI is InChI=1S/C15H20O4/c1-7-10(16)11-15(19-11)5-8-4-13(2,12(17)18)6-9(8)14(7,15)3/h8-11,16H,1,4-6H2,2-3H3,(H,17,18)/t8-,9-,10-,11-,13+,14+,15-/m0/s1. The Labute approximate surface area is 112 Å².